The number of ether oxygens (including phenoxy) is 1. The third-order valence-electron chi connectivity index (χ3n) is 3.50. The van der Waals surface area contributed by atoms with Gasteiger partial charge in [-0.15, -0.1) is 0 Å². The second-order valence-corrected chi connectivity index (χ2v) is 4.90. The largest absolute Gasteiger partial charge is 0.462 e. The number of fused-ring (bicyclic) bond motifs is 1. The number of hydrogen-bond acceptors (Lipinski definition) is 3. The van der Waals surface area contributed by atoms with E-state index in [9.17, 15) is 9.82 Å². The number of rotatable bonds is 3. The molecule has 0 saturated carbocycles. The van der Waals surface area contributed by atoms with Gasteiger partial charge in [0.1, 0.15) is 0 Å². The minimum absolute atomic E-state index is 0.312. The van der Waals surface area contributed by atoms with E-state index in [1.54, 1.807) is 24.4 Å². The lowest BCUT2D eigenvalue weighted by Gasteiger charge is -2.10. The molecule has 1 aliphatic rings. The molecule has 102 valence electrons. The Morgan fingerprint density at radius 1 is 1.58 bits per heavy atom. The molecule has 4 nitrogen and oxygen atoms in total. The molecule has 0 saturated heterocycles. The maximum Gasteiger partial charge on any atom is 0.413 e. The number of nitrogens with zero attached hydrogens (tertiary/aromatic N) is 1. The lowest BCUT2D eigenvalue weighted by molar-refractivity contribution is 0.0526. The van der Waals surface area contributed by atoms with Crippen molar-refractivity contribution in [1.82, 2.24) is 4.48 Å². The summed E-state index contributed by atoms with van der Waals surface area (Å²) in [6.45, 7) is 5.87. The van der Waals surface area contributed by atoms with Gasteiger partial charge in [-0.1, -0.05) is 6.08 Å². The monoisotopic (exact) mass is 261 g/mol. The minimum Gasteiger partial charge on any atom is -0.462 e. The molecular formula is C14H20BNO3. The Morgan fingerprint density at radius 3 is 2.95 bits per heavy atom. The van der Waals surface area contributed by atoms with Crippen molar-refractivity contribution in [3.05, 3.63) is 29.1 Å². The molecule has 0 aliphatic heterocycles. The molecule has 19 heavy (non-hydrogen) atoms. The fourth-order valence-corrected chi connectivity index (χ4v) is 2.65. The fourth-order valence-electron chi connectivity index (χ4n) is 2.65. The highest BCUT2D eigenvalue weighted by Gasteiger charge is 2.26. The number of allylic oxidation sites excluding steroid dienone is 2. The van der Waals surface area contributed by atoms with Crippen molar-refractivity contribution >= 4 is 18.6 Å². The molecule has 0 radical (unpaired) electrons. The third kappa shape index (κ3) is 2.61. The SMILES string of the molecule is CCOC(=O)c1cn(B(C)O)c2c1C(C)=CCCC2. The van der Waals surface area contributed by atoms with Crippen molar-refractivity contribution in [1.29, 1.82) is 0 Å². The molecule has 0 aromatic carbocycles. The molecule has 5 heteroatoms. The van der Waals surface area contributed by atoms with Gasteiger partial charge >= 0.3 is 13.0 Å². The minimum atomic E-state index is -0.636. The van der Waals surface area contributed by atoms with Crippen LogP contribution >= 0.6 is 0 Å². The summed E-state index contributed by atoms with van der Waals surface area (Å²) in [7, 11) is -0.636. The average molecular weight is 261 g/mol. The highest BCUT2D eigenvalue weighted by molar-refractivity contribution is 6.47. The van der Waals surface area contributed by atoms with Crippen LogP contribution in [0.1, 0.15) is 48.3 Å². The average Bonchev–Trinajstić information content (AvgIpc) is 2.65. The maximum absolute atomic E-state index is 12.1. The molecule has 0 atom stereocenters. The number of aromatic nitrogens is 1. The van der Waals surface area contributed by atoms with E-state index in [1.807, 2.05) is 6.92 Å². The van der Waals surface area contributed by atoms with Gasteiger partial charge in [0.15, 0.2) is 0 Å². The topological polar surface area (TPSA) is 51.5 Å². The van der Waals surface area contributed by atoms with Crippen LogP contribution in [-0.2, 0) is 11.2 Å². The normalized spacial score (nSPS) is 14.4. The molecule has 0 amide bonds. The zero-order valence-electron chi connectivity index (χ0n) is 11.8. The van der Waals surface area contributed by atoms with Gasteiger partial charge in [0.05, 0.1) is 12.2 Å². The van der Waals surface area contributed by atoms with Crippen LogP contribution in [0.15, 0.2) is 12.3 Å². The van der Waals surface area contributed by atoms with E-state index in [2.05, 4.69) is 6.08 Å². The number of carbonyl (C=O) groups is 1. The van der Waals surface area contributed by atoms with Crippen LogP contribution in [0, 0.1) is 0 Å². The Labute approximate surface area is 114 Å². The highest BCUT2D eigenvalue weighted by Crippen LogP contribution is 2.30. The molecule has 1 aromatic rings. The number of carbonyl (C=O) groups excluding carboxylic acids is 1. The smallest absolute Gasteiger partial charge is 0.413 e. The van der Waals surface area contributed by atoms with Crippen molar-refractivity contribution < 1.29 is 14.6 Å². The fraction of sp³-hybridized carbons (Fsp3) is 0.500. The Morgan fingerprint density at radius 2 is 2.32 bits per heavy atom. The van der Waals surface area contributed by atoms with E-state index in [4.69, 9.17) is 4.74 Å². The molecule has 2 rings (SSSR count). The van der Waals surface area contributed by atoms with Crippen molar-refractivity contribution in [2.24, 2.45) is 0 Å². The summed E-state index contributed by atoms with van der Waals surface area (Å²) in [6, 6.07) is 0. The summed E-state index contributed by atoms with van der Waals surface area (Å²) >= 11 is 0. The van der Waals surface area contributed by atoms with Gasteiger partial charge in [-0.25, -0.2) is 4.79 Å². The second kappa shape index (κ2) is 5.65. The van der Waals surface area contributed by atoms with Crippen LogP contribution in [-0.4, -0.2) is 29.1 Å². The Bertz CT molecular complexity index is 517. The van der Waals surface area contributed by atoms with Crippen molar-refractivity contribution in [2.45, 2.75) is 39.9 Å². The second-order valence-electron chi connectivity index (χ2n) is 4.90. The molecule has 0 spiro atoms. The first-order valence-corrected chi connectivity index (χ1v) is 6.82. The highest BCUT2D eigenvalue weighted by atomic mass is 16.5. The Balaban J connectivity index is 2.57. The van der Waals surface area contributed by atoms with Crippen LogP contribution in [0.5, 0.6) is 0 Å². The summed E-state index contributed by atoms with van der Waals surface area (Å²) in [5, 5.41) is 9.87. The quantitative estimate of drug-likeness (QED) is 0.671. The van der Waals surface area contributed by atoms with Gasteiger partial charge in [-0.05, 0) is 45.5 Å². The van der Waals surface area contributed by atoms with Crippen LogP contribution in [0.4, 0.5) is 0 Å². The first-order chi connectivity index (χ1) is 9.06. The van der Waals surface area contributed by atoms with E-state index in [0.29, 0.717) is 12.2 Å². The summed E-state index contributed by atoms with van der Waals surface area (Å²) < 4.78 is 6.90. The molecule has 1 N–H and O–H groups in total. The van der Waals surface area contributed by atoms with Crippen LogP contribution < -0.4 is 0 Å². The lowest BCUT2D eigenvalue weighted by Crippen LogP contribution is -2.21. The molecule has 1 aromatic heterocycles. The lowest BCUT2D eigenvalue weighted by atomic mass is 9.87. The van der Waals surface area contributed by atoms with E-state index < -0.39 is 7.05 Å². The molecular weight excluding hydrogens is 241 g/mol. The summed E-state index contributed by atoms with van der Waals surface area (Å²) in [5.41, 5.74) is 3.63. The third-order valence-corrected chi connectivity index (χ3v) is 3.50. The predicted molar refractivity (Wildman–Crippen MR) is 76.2 cm³/mol. The van der Waals surface area contributed by atoms with Gasteiger partial charge in [0, 0.05) is 17.5 Å². The first kappa shape index (κ1) is 13.9. The molecule has 0 bridgehead atoms. The molecule has 0 unspecified atom stereocenters. The van der Waals surface area contributed by atoms with E-state index >= 15 is 0 Å². The summed E-state index contributed by atoms with van der Waals surface area (Å²) in [4.78, 5) is 12.1. The van der Waals surface area contributed by atoms with Gasteiger partial charge in [-0.2, -0.15) is 0 Å². The number of hydrogen-bond donors (Lipinski definition) is 1. The van der Waals surface area contributed by atoms with Gasteiger partial charge in [0.25, 0.3) is 0 Å². The van der Waals surface area contributed by atoms with Crippen molar-refractivity contribution in [3.63, 3.8) is 0 Å². The summed E-state index contributed by atoms with van der Waals surface area (Å²) in [5.74, 6) is -0.312. The Hall–Kier alpha value is -1.49. The van der Waals surface area contributed by atoms with E-state index in [1.165, 1.54) is 0 Å². The zero-order chi connectivity index (χ0) is 14.0. The molecule has 1 heterocycles. The standard InChI is InChI=1S/C14H20BNO3/c1-4-19-14(17)11-9-16(15(3)18)12-8-6-5-7-10(2)13(11)12/h7,9,18H,4-6,8H2,1-3H3. The predicted octanol–water partition coefficient (Wildman–Crippen LogP) is 2.36. The van der Waals surface area contributed by atoms with Crippen molar-refractivity contribution in [2.75, 3.05) is 6.61 Å². The maximum atomic E-state index is 12.1. The molecule has 1 aliphatic carbocycles. The zero-order valence-corrected chi connectivity index (χ0v) is 11.8. The van der Waals surface area contributed by atoms with Gasteiger partial charge < -0.3 is 14.2 Å². The van der Waals surface area contributed by atoms with Crippen molar-refractivity contribution in [3.8, 4) is 0 Å². The Kier molecular flexibility index (Phi) is 4.15. The van der Waals surface area contributed by atoms with Gasteiger partial charge in [0.2, 0.25) is 0 Å². The van der Waals surface area contributed by atoms with Crippen LogP contribution in [0.3, 0.4) is 0 Å². The van der Waals surface area contributed by atoms with E-state index in [0.717, 1.165) is 36.1 Å². The first-order valence-electron chi connectivity index (χ1n) is 6.82. The van der Waals surface area contributed by atoms with E-state index in [-0.39, 0.29) is 5.97 Å². The summed E-state index contributed by atoms with van der Waals surface area (Å²) in [6.07, 6.45) is 6.77. The molecule has 0 fully saturated rings. The van der Waals surface area contributed by atoms with Crippen LogP contribution in [0.25, 0.3) is 5.57 Å². The van der Waals surface area contributed by atoms with Crippen LogP contribution in [0.2, 0.25) is 6.82 Å². The van der Waals surface area contributed by atoms with Gasteiger partial charge in [-0.3, -0.25) is 0 Å². The number of esters is 1.